The SMILES string of the molecule is Cl.Cl.NC1CCCC(C(=O)NCc2nccn2CCCc2ccccc2)C1. The molecule has 7 heteroatoms. The van der Waals surface area contributed by atoms with E-state index in [2.05, 4.69) is 39.1 Å². The van der Waals surface area contributed by atoms with Gasteiger partial charge in [-0.15, -0.1) is 24.8 Å². The van der Waals surface area contributed by atoms with E-state index in [4.69, 9.17) is 5.73 Å². The molecule has 27 heavy (non-hydrogen) atoms. The number of halogens is 2. The minimum absolute atomic E-state index is 0. The van der Waals surface area contributed by atoms with Gasteiger partial charge in [-0.05, 0) is 37.7 Å². The Balaban J connectivity index is 0.00000182. The average Bonchev–Trinajstić information content (AvgIpc) is 3.08. The molecular formula is C20H30Cl2N4O. The van der Waals surface area contributed by atoms with Crippen LogP contribution in [0.25, 0.3) is 0 Å². The minimum atomic E-state index is 0. The normalized spacial score (nSPS) is 18.9. The largest absolute Gasteiger partial charge is 0.349 e. The van der Waals surface area contributed by atoms with Crippen LogP contribution in [0, 0.1) is 5.92 Å². The van der Waals surface area contributed by atoms with Crippen molar-refractivity contribution in [2.24, 2.45) is 11.7 Å². The number of hydrogen-bond donors (Lipinski definition) is 2. The number of aryl methyl sites for hydroxylation is 2. The number of rotatable bonds is 7. The van der Waals surface area contributed by atoms with Gasteiger partial charge in [-0.2, -0.15) is 0 Å². The summed E-state index contributed by atoms with van der Waals surface area (Å²) in [5.74, 6) is 1.10. The summed E-state index contributed by atoms with van der Waals surface area (Å²) in [5.41, 5.74) is 7.34. The lowest BCUT2D eigenvalue weighted by Crippen LogP contribution is -2.37. The smallest absolute Gasteiger partial charge is 0.223 e. The fourth-order valence-corrected chi connectivity index (χ4v) is 3.59. The molecule has 0 aliphatic heterocycles. The molecule has 150 valence electrons. The Bertz CT molecular complexity index is 678. The molecule has 0 spiro atoms. The molecule has 1 aliphatic rings. The summed E-state index contributed by atoms with van der Waals surface area (Å²) in [6.45, 7) is 1.40. The van der Waals surface area contributed by atoms with Crippen LogP contribution in [0.1, 0.15) is 43.5 Å². The fourth-order valence-electron chi connectivity index (χ4n) is 3.59. The van der Waals surface area contributed by atoms with Gasteiger partial charge in [0.05, 0.1) is 6.54 Å². The second-order valence-electron chi connectivity index (χ2n) is 6.97. The molecule has 2 atom stereocenters. The van der Waals surface area contributed by atoms with Gasteiger partial charge in [-0.1, -0.05) is 36.8 Å². The summed E-state index contributed by atoms with van der Waals surface area (Å²) >= 11 is 0. The molecule has 3 N–H and O–H groups in total. The zero-order valence-corrected chi connectivity index (χ0v) is 17.2. The molecule has 1 amide bonds. The van der Waals surface area contributed by atoms with Gasteiger partial charge in [-0.3, -0.25) is 4.79 Å². The maximum atomic E-state index is 12.3. The van der Waals surface area contributed by atoms with Crippen molar-refractivity contribution in [3.63, 3.8) is 0 Å². The van der Waals surface area contributed by atoms with Crippen LogP contribution in [0.15, 0.2) is 42.7 Å². The third-order valence-electron chi connectivity index (χ3n) is 5.02. The van der Waals surface area contributed by atoms with Crippen molar-refractivity contribution in [2.75, 3.05) is 0 Å². The second kappa shape index (κ2) is 12.0. The molecule has 1 aromatic heterocycles. The third kappa shape index (κ3) is 7.17. The molecule has 0 bridgehead atoms. The third-order valence-corrected chi connectivity index (χ3v) is 5.02. The Kier molecular flexibility index (Phi) is 10.4. The van der Waals surface area contributed by atoms with Crippen molar-refractivity contribution in [3.8, 4) is 0 Å². The summed E-state index contributed by atoms with van der Waals surface area (Å²) in [6, 6.07) is 10.7. The molecule has 1 saturated carbocycles. The highest BCUT2D eigenvalue weighted by Gasteiger charge is 2.25. The lowest BCUT2D eigenvalue weighted by Gasteiger charge is -2.25. The van der Waals surface area contributed by atoms with Gasteiger partial charge in [0.15, 0.2) is 0 Å². The van der Waals surface area contributed by atoms with Crippen molar-refractivity contribution in [3.05, 3.63) is 54.1 Å². The lowest BCUT2D eigenvalue weighted by molar-refractivity contribution is -0.126. The maximum absolute atomic E-state index is 12.3. The van der Waals surface area contributed by atoms with Crippen molar-refractivity contribution in [2.45, 2.75) is 57.7 Å². The Hall–Kier alpha value is -1.56. The number of amides is 1. The molecule has 0 radical (unpaired) electrons. The summed E-state index contributed by atoms with van der Waals surface area (Å²) in [5, 5.41) is 3.05. The van der Waals surface area contributed by atoms with Crippen LogP contribution in [0.4, 0.5) is 0 Å². The Labute approximate surface area is 173 Å². The van der Waals surface area contributed by atoms with Crippen LogP contribution >= 0.6 is 24.8 Å². The quantitative estimate of drug-likeness (QED) is 0.730. The van der Waals surface area contributed by atoms with Gasteiger partial charge >= 0.3 is 0 Å². The number of hydrogen-bond acceptors (Lipinski definition) is 3. The molecule has 1 heterocycles. The van der Waals surface area contributed by atoms with Crippen LogP contribution in [0.3, 0.4) is 0 Å². The van der Waals surface area contributed by atoms with E-state index in [0.717, 1.165) is 50.9 Å². The topological polar surface area (TPSA) is 72.9 Å². The number of nitrogens with zero attached hydrogens (tertiary/aromatic N) is 2. The van der Waals surface area contributed by atoms with Crippen LogP contribution in [0.2, 0.25) is 0 Å². The van der Waals surface area contributed by atoms with Crippen molar-refractivity contribution >= 4 is 30.7 Å². The van der Waals surface area contributed by atoms with Crippen LogP contribution in [-0.2, 0) is 24.3 Å². The van der Waals surface area contributed by atoms with Gasteiger partial charge in [0.25, 0.3) is 0 Å². The van der Waals surface area contributed by atoms with E-state index in [0.29, 0.717) is 6.54 Å². The van der Waals surface area contributed by atoms with E-state index >= 15 is 0 Å². The monoisotopic (exact) mass is 412 g/mol. The summed E-state index contributed by atoms with van der Waals surface area (Å²) in [7, 11) is 0. The first-order valence-corrected chi connectivity index (χ1v) is 9.29. The average molecular weight is 413 g/mol. The lowest BCUT2D eigenvalue weighted by atomic mass is 9.85. The van der Waals surface area contributed by atoms with Gasteiger partial charge in [-0.25, -0.2) is 4.98 Å². The summed E-state index contributed by atoms with van der Waals surface area (Å²) < 4.78 is 2.13. The zero-order chi connectivity index (χ0) is 17.5. The zero-order valence-electron chi connectivity index (χ0n) is 15.5. The van der Waals surface area contributed by atoms with E-state index < -0.39 is 0 Å². The standard InChI is InChI=1S/C20H28N4O.2ClH/c21-18-10-4-9-17(14-18)20(25)23-15-19-22-11-13-24(19)12-5-8-16-6-2-1-3-7-16;;/h1-3,6-7,11,13,17-18H,4-5,8-10,12,14-15,21H2,(H,23,25);2*1H. The van der Waals surface area contributed by atoms with Crippen LogP contribution < -0.4 is 11.1 Å². The fraction of sp³-hybridized carbons (Fsp3) is 0.500. The Morgan fingerprint density at radius 3 is 2.74 bits per heavy atom. The van der Waals surface area contributed by atoms with Crippen molar-refractivity contribution in [1.29, 1.82) is 0 Å². The molecule has 5 nitrogen and oxygen atoms in total. The maximum Gasteiger partial charge on any atom is 0.223 e. The Morgan fingerprint density at radius 1 is 1.22 bits per heavy atom. The number of aromatic nitrogens is 2. The highest BCUT2D eigenvalue weighted by atomic mass is 35.5. The number of benzene rings is 1. The highest BCUT2D eigenvalue weighted by molar-refractivity contribution is 5.85. The van der Waals surface area contributed by atoms with E-state index in [1.165, 1.54) is 5.56 Å². The van der Waals surface area contributed by atoms with E-state index in [-0.39, 0.29) is 42.7 Å². The van der Waals surface area contributed by atoms with Gasteiger partial charge in [0.2, 0.25) is 5.91 Å². The minimum Gasteiger partial charge on any atom is -0.349 e. The molecular weight excluding hydrogens is 383 g/mol. The molecule has 2 unspecified atom stereocenters. The molecule has 1 aliphatic carbocycles. The summed E-state index contributed by atoms with van der Waals surface area (Å²) in [4.78, 5) is 16.7. The second-order valence-corrected chi connectivity index (χ2v) is 6.97. The number of imidazole rings is 1. The molecule has 2 aromatic rings. The molecule has 1 fully saturated rings. The van der Waals surface area contributed by atoms with E-state index in [1.807, 2.05) is 12.3 Å². The Morgan fingerprint density at radius 2 is 2.00 bits per heavy atom. The van der Waals surface area contributed by atoms with E-state index in [9.17, 15) is 4.79 Å². The first-order chi connectivity index (χ1) is 12.2. The van der Waals surface area contributed by atoms with Crippen LogP contribution in [0.5, 0.6) is 0 Å². The van der Waals surface area contributed by atoms with Gasteiger partial charge in [0, 0.05) is 30.9 Å². The van der Waals surface area contributed by atoms with Crippen molar-refractivity contribution < 1.29 is 4.79 Å². The van der Waals surface area contributed by atoms with Gasteiger partial charge < -0.3 is 15.6 Å². The first kappa shape index (κ1) is 23.5. The molecule has 1 aromatic carbocycles. The number of carbonyl (C=O) groups excluding carboxylic acids is 1. The molecule has 3 rings (SSSR count). The summed E-state index contributed by atoms with van der Waals surface area (Å²) in [6.07, 6.45) is 9.73. The predicted octanol–water partition coefficient (Wildman–Crippen LogP) is 3.49. The number of nitrogens with one attached hydrogen (secondary N) is 1. The number of nitrogens with two attached hydrogens (primary N) is 1. The highest BCUT2D eigenvalue weighted by Crippen LogP contribution is 2.23. The first-order valence-electron chi connectivity index (χ1n) is 9.29. The van der Waals surface area contributed by atoms with Gasteiger partial charge in [0.1, 0.15) is 5.82 Å². The number of carbonyl (C=O) groups is 1. The predicted molar refractivity (Wildman–Crippen MR) is 113 cm³/mol. The van der Waals surface area contributed by atoms with Crippen LogP contribution in [-0.4, -0.2) is 21.5 Å². The molecule has 0 saturated heterocycles. The van der Waals surface area contributed by atoms with E-state index in [1.54, 1.807) is 6.20 Å². The van der Waals surface area contributed by atoms with Crippen molar-refractivity contribution in [1.82, 2.24) is 14.9 Å².